The van der Waals surface area contributed by atoms with Crippen molar-refractivity contribution in [2.75, 3.05) is 13.7 Å². The van der Waals surface area contributed by atoms with Gasteiger partial charge in [0.15, 0.2) is 0 Å². The normalized spacial score (nSPS) is 10.5. The number of nitrogens with one attached hydrogen (secondary N) is 1. The second kappa shape index (κ2) is 7.50. The third-order valence-corrected chi connectivity index (χ3v) is 3.48. The Kier molecular flexibility index (Phi) is 4.96. The molecule has 0 amide bonds. The van der Waals surface area contributed by atoms with Crippen LogP contribution in [-0.4, -0.2) is 29.7 Å². The van der Waals surface area contributed by atoms with E-state index in [1.165, 1.54) is 0 Å². The quantitative estimate of drug-likeness (QED) is 0.409. The number of hydrogen-bond acceptors (Lipinski definition) is 5. The first-order valence-corrected chi connectivity index (χ1v) is 7.65. The van der Waals surface area contributed by atoms with Crippen LogP contribution in [0.15, 0.2) is 48.8 Å². The van der Waals surface area contributed by atoms with Gasteiger partial charge in [-0.2, -0.15) is 0 Å². The Hall–Kier alpha value is -3.02. The molecular weight excluding hydrogens is 308 g/mol. The van der Waals surface area contributed by atoms with E-state index < -0.39 is 0 Å². The van der Waals surface area contributed by atoms with Crippen LogP contribution in [0.4, 0.5) is 0 Å². The highest BCUT2D eigenvalue weighted by molar-refractivity contribution is 5.78. The van der Waals surface area contributed by atoms with Crippen LogP contribution in [0.5, 0.6) is 17.2 Å². The summed E-state index contributed by atoms with van der Waals surface area (Å²) in [7, 11) is 1.62. The van der Waals surface area contributed by atoms with Crippen molar-refractivity contribution in [3.63, 3.8) is 0 Å². The minimum Gasteiger partial charge on any atom is -0.497 e. The largest absolute Gasteiger partial charge is 0.497 e. The monoisotopic (exact) mass is 326 g/mol. The summed E-state index contributed by atoms with van der Waals surface area (Å²) >= 11 is 0. The molecule has 0 unspecified atom stereocenters. The first-order valence-electron chi connectivity index (χ1n) is 7.65. The maximum atomic E-state index is 11.9. The van der Waals surface area contributed by atoms with Gasteiger partial charge in [0.05, 0.1) is 31.1 Å². The Morgan fingerprint density at radius 2 is 1.83 bits per heavy atom. The summed E-state index contributed by atoms with van der Waals surface area (Å²) in [4.78, 5) is 19.0. The van der Waals surface area contributed by atoms with Crippen molar-refractivity contribution in [3.8, 4) is 17.2 Å². The molecule has 0 aliphatic carbocycles. The Labute approximate surface area is 139 Å². The summed E-state index contributed by atoms with van der Waals surface area (Å²) in [5.41, 5.74) is 1.67. The molecule has 0 aliphatic rings. The van der Waals surface area contributed by atoms with Crippen LogP contribution in [0.2, 0.25) is 0 Å². The van der Waals surface area contributed by atoms with Gasteiger partial charge in [-0.1, -0.05) is 0 Å². The number of methoxy groups -OCH3 is 1. The molecular formula is C18H18N2O4. The molecule has 6 heteroatoms. The molecule has 0 saturated carbocycles. The number of benzene rings is 2. The summed E-state index contributed by atoms with van der Waals surface area (Å²) in [6.45, 7) is 0.445. The molecule has 0 radical (unpaired) electrons. The van der Waals surface area contributed by atoms with E-state index in [1.807, 2.05) is 24.3 Å². The van der Waals surface area contributed by atoms with E-state index in [1.54, 1.807) is 31.6 Å². The van der Waals surface area contributed by atoms with Crippen LogP contribution in [0.25, 0.3) is 11.0 Å². The number of esters is 1. The maximum absolute atomic E-state index is 11.9. The molecule has 1 heterocycles. The van der Waals surface area contributed by atoms with Gasteiger partial charge in [0.25, 0.3) is 0 Å². The van der Waals surface area contributed by atoms with Crippen molar-refractivity contribution < 1.29 is 19.0 Å². The summed E-state index contributed by atoms with van der Waals surface area (Å²) < 4.78 is 16.0. The number of carbonyl (C=O) groups is 1. The van der Waals surface area contributed by atoms with Crippen molar-refractivity contribution in [1.82, 2.24) is 9.97 Å². The molecule has 6 nitrogen and oxygen atoms in total. The lowest BCUT2D eigenvalue weighted by Crippen LogP contribution is -2.09. The number of fused-ring (bicyclic) bond motifs is 1. The smallest absolute Gasteiger partial charge is 0.311 e. The van der Waals surface area contributed by atoms with Crippen molar-refractivity contribution in [1.29, 1.82) is 0 Å². The average Bonchev–Trinajstić information content (AvgIpc) is 3.07. The Balaban J connectivity index is 1.41. The molecule has 24 heavy (non-hydrogen) atoms. The molecule has 0 spiro atoms. The highest BCUT2D eigenvalue weighted by atomic mass is 16.5. The lowest BCUT2D eigenvalue weighted by molar-refractivity contribution is -0.134. The third-order valence-electron chi connectivity index (χ3n) is 3.48. The topological polar surface area (TPSA) is 73.4 Å². The molecule has 0 saturated heterocycles. The number of nitrogens with zero attached hydrogens (tertiary/aromatic N) is 1. The van der Waals surface area contributed by atoms with Gasteiger partial charge >= 0.3 is 5.97 Å². The predicted molar refractivity (Wildman–Crippen MR) is 89.5 cm³/mol. The van der Waals surface area contributed by atoms with Crippen LogP contribution < -0.4 is 14.2 Å². The van der Waals surface area contributed by atoms with Gasteiger partial charge < -0.3 is 19.2 Å². The number of rotatable bonds is 7. The fourth-order valence-corrected chi connectivity index (χ4v) is 2.24. The second-order valence-corrected chi connectivity index (χ2v) is 5.18. The fraction of sp³-hybridized carbons (Fsp3) is 0.222. The van der Waals surface area contributed by atoms with Gasteiger partial charge in [-0.25, -0.2) is 4.98 Å². The number of aromatic nitrogens is 2. The molecule has 1 N–H and O–H groups in total. The van der Waals surface area contributed by atoms with Crippen LogP contribution in [0.1, 0.15) is 12.8 Å². The highest BCUT2D eigenvalue weighted by Gasteiger charge is 2.06. The van der Waals surface area contributed by atoms with E-state index in [4.69, 9.17) is 14.2 Å². The van der Waals surface area contributed by atoms with Crippen LogP contribution in [0, 0.1) is 0 Å². The first-order chi connectivity index (χ1) is 11.7. The van der Waals surface area contributed by atoms with Gasteiger partial charge in [-0.15, -0.1) is 0 Å². The third kappa shape index (κ3) is 4.04. The van der Waals surface area contributed by atoms with Gasteiger partial charge in [0.1, 0.15) is 17.2 Å². The molecule has 1 aromatic heterocycles. The van der Waals surface area contributed by atoms with Crippen LogP contribution >= 0.6 is 0 Å². The number of imidazole rings is 1. The van der Waals surface area contributed by atoms with E-state index in [-0.39, 0.29) is 12.4 Å². The minimum absolute atomic E-state index is 0.285. The van der Waals surface area contributed by atoms with E-state index in [2.05, 4.69) is 9.97 Å². The summed E-state index contributed by atoms with van der Waals surface area (Å²) in [6.07, 6.45) is 2.47. The molecule has 2 aromatic carbocycles. The standard InChI is InChI=1S/C18H18N2O4/c1-22-13-4-6-14(7-5-13)23-10-2-3-18(21)24-15-8-9-16-17(11-15)20-12-19-16/h4-9,11-12H,2-3,10H2,1H3,(H,19,20). The second-order valence-electron chi connectivity index (χ2n) is 5.18. The van der Waals surface area contributed by atoms with E-state index in [9.17, 15) is 4.79 Å². The van der Waals surface area contributed by atoms with E-state index in [0.29, 0.717) is 18.8 Å². The molecule has 3 aromatic rings. The molecule has 0 fully saturated rings. The van der Waals surface area contributed by atoms with Gasteiger partial charge in [-0.05, 0) is 42.8 Å². The Morgan fingerprint density at radius 3 is 2.62 bits per heavy atom. The van der Waals surface area contributed by atoms with Crippen molar-refractivity contribution in [3.05, 3.63) is 48.8 Å². The van der Waals surface area contributed by atoms with Gasteiger partial charge in [0, 0.05) is 12.5 Å². The van der Waals surface area contributed by atoms with Crippen molar-refractivity contribution in [2.45, 2.75) is 12.8 Å². The minimum atomic E-state index is -0.285. The molecule has 0 aliphatic heterocycles. The van der Waals surface area contributed by atoms with E-state index >= 15 is 0 Å². The molecule has 0 bridgehead atoms. The Bertz CT molecular complexity index is 811. The maximum Gasteiger partial charge on any atom is 0.311 e. The molecule has 3 rings (SSSR count). The summed E-state index contributed by atoms with van der Waals surface area (Å²) in [5.74, 6) is 1.74. The van der Waals surface area contributed by atoms with Gasteiger partial charge in [-0.3, -0.25) is 4.79 Å². The average molecular weight is 326 g/mol. The molecule has 124 valence electrons. The SMILES string of the molecule is COc1ccc(OCCCC(=O)Oc2ccc3nc[nH]c3c2)cc1. The van der Waals surface area contributed by atoms with Crippen LogP contribution in [0.3, 0.4) is 0 Å². The predicted octanol–water partition coefficient (Wildman–Crippen LogP) is 3.34. The number of H-pyrrole nitrogens is 1. The lowest BCUT2D eigenvalue weighted by Gasteiger charge is -2.07. The number of aromatic amines is 1. The fourth-order valence-electron chi connectivity index (χ4n) is 2.24. The highest BCUT2D eigenvalue weighted by Crippen LogP contribution is 2.19. The first kappa shape index (κ1) is 15.9. The zero-order chi connectivity index (χ0) is 16.8. The lowest BCUT2D eigenvalue weighted by atomic mass is 10.3. The summed E-state index contributed by atoms with van der Waals surface area (Å²) in [5, 5.41) is 0. The van der Waals surface area contributed by atoms with Gasteiger partial charge in [0.2, 0.25) is 0 Å². The van der Waals surface area contributed by atoms with E-state index in [0.717, 1.165) is 22.5 Å². The Morgan fingerprint density at radius 1 is 1.08 bits per heavy atom. The zero-order valence-electron chi connectivity index (χ0n) is 13.3. The molecule has 0 atom stereocenters. The zero-order valence-corrected chi connectivity index (χ0v) is 13.3. The van der Waals surface area contributed by atoms with Crippen LogP contribution in [-0.2, 0) is 4.79 Å². The summed E-state index contributed by atoms with van der Waals surface area (Å²) in [6, 6.07) is 12.6. The number of hydrogen-bond donors (Lipinski definition) is 1. The van der Waals surface area contributed by atoms with Crippen molar-refractivity contribution >= 4 is 17.0 Å². The van der Waals surface area contributed by atoms with Crippen molar-refractivity contribution in [2.24, 2.45) is 0 Å². The number of carbonyl (C=O) groups excluding carboxylic acids is 1. The number of ether oxygens (including phenoxy) is 3.